The summed E-state index contributed by atoms with van der Waals surface area (Å²) >= 11 is 0. The summed E-state index contributed by atoms with van der Waals surface area (Å²) in [6.07, 6.45) is 2.73. The van der Waals surface area contributed by atoms with Gasteiger partial charge in [0.2, 0.25) is 0 Å². The molecule has 0 amide bonds. The van der Waals surface area contributed by atoms with Crippen LogP contribution in [0.2, 0.25) is 0 Å². The molecule has 0 radical (unpaired) electrons. The summed E-state index contributed by atoms with van der Waals surface area (Å²) in [7, 11) is 0. The highest BCUT2D eigenvalue weighted by Gasteiger charge is 2.06. The molecule has 0 aliphatic rings. The van der Waals surface area contributed by atoms with Crippen LogP contribution in [0.5, 0.6) is 5.75 Å². The first-order valence-electron chi connectivity index (χ1n) is 6.04. The van der Waals surface area contributed by atoms with Gasteiger partial charge in [0.15, 0.2) is 6.19 Å². The number of amidine groups is 1. The number of nitriles is 1. The number of hydrogen-bond acceptors (Lipinski definition) is 3. The van der Waals surface area contributed by atoms with E-state index in [-0.39, 0.29) is 6.04 Å². The number of nitrogens with one attached hydrogen (secondary N) is 1. The summed E-state index contributed by atoms with van der Waals surface area (Å²) in [4.78, 5) is 4.38. The van der Waals surface area contributed by atoms with Crippen LogP contribution < -0.4 is 10.1 Å². The largest absolute Gasteiger partial charge is 0.491 e. The van der Waals surface area contributed by atoms with Gasteiger partial charge in [-0.3, -0.25) is 10.3 Å². The summed E-state index contributed by atoms with van der Waals surface area (Å²) in [6, 6.07) is 7.99. The normalized spacial score (nSPS) is 12.7. The SMILES string of the molecule is CC[C@@H](COc1cccc(C)c1)N=C(C)NC#N. The van der Waals surface area contributed by atoms with Crippen molar-refractivity contribution in [3.8, 4) is 11.9 Å². The van der Waals surface area contributed by atoms with Crippen LogP contribution in [-0.2, 0) is 0 Å². The lowest BCUT2D eigenvalue weighted by Gasteiger charge is -2.13. The topological polar surface area (TPSA) is 57.4 Å². The fourth-order valence-corrected chi connectivity index (χ4v) is 1.53. The molecule has 1 atom stereocenters. The minimum Gasteiger partial charge on any atom is -0.491 e. The molecule has 1 aromatic carbocycles. The summed E-state index contributed by atoms with van der Waals surface area (Å²) in [5.41, 5.74) is 1.17. The van der Waals surface area contributed by atoms with Gasteiger partial charge >= 0.3 is 0 Å². The van der Waals surface area contributed by atoms with Gasteiger partial charge in [-0.15, -0.1) is 0 Å². The first kappa shape index (κ1) is 14.0. The summed E-state index contributed by atoms with van der Waals surface area (Å²) < 4.78 is 5.70. The molecule has 0 heterocycles. The molecule has 96 valence electrons. The minimum absolute atomic E-state index is 0.0614. The molecule has 0 fully saturated rings. The number of nitrogens with zero attached hydrogens (tertiary/aromatic N) is 2. The van der Waals surface area contributed by atoms with E-state index in [4.69, 9.17) is 10.00 Å². The minimum atomic E-state index is 0.0614. The molecule has 0 aliphatic carbocycles. The number of aliphatic imine (C=N–C) groups is 1. The van der Waals surface area contributed by atoms with Crippen LogP contribution in [0.1, 0.15) is 25.8 Å². The van der Waals surface area contributed by atoms with Crippen molar-refractivity contribution < 1.29 is 4.74 Å². The molecule has 0 saturated heterocycles. The average molecular weight is 245 g/mol. The van der Waals surface area contributed by atoms with Crippen molar-refractivity contribution in [3.05, 3.63) is 29.8 Å². The standard InChI is InChI=1S/C14H19N3O/c1-4-13(17-12(3)16-10-15)9-18-14-7-5-6-11(2)8-14/h5-8,13H,4,9H2,1-3H3,(H,16,17)/t13-/m0/s1. The molecule has 1 aromatic rings. The quantitative estimate of drug-likeness (QED) is 0.375. The third-order valence-corrected chi connectivity index (χ3v) is 2.52. The Morgan fingerprint density at radius 1 is 1.56 bits per heavy atom. The van der Waals surface area contributed by atoms with E-state index in [9.17, 15) is 0 Å². The maximum absolute atomic E-state index is 8.49. The lowest BCUT2D eigenvalue weighted by atomic mass is 10.2. The predicted octanol–water partition coefficient (Wildman–Crippen LogP) is 2.64. The lowest BCUT2D eigenvalue weighted by Crippen LogP contribution is -2.21. The van der Waals surface area contributed by atoms with Crippen molar-refractivity contribution in [2.45, 2.75) is 33.2 Å². The Morgan fingerprint density at radius 2 is 2.33 bits per heavy atom. The summed E-state index contributed by atoms with van der Waals surface area (Å²) in [6.45, 7) is 6.37. The van der Waals surface area contributed by atoms with Crippen LogP contribution in [0.15, 0.2) is 29.3 Å². The van der Waals surface area contributed by atoms with Crippen molar-refractivity contribution in [2.24, 2.45) is 4.99 Å². The fraction of sp³-hybridized carbons (Fsp3) is 0.429. The van der Waals surface area contributed by atoms with Crippen LogP contribution in [0.4, 0.5) is 0 Å². The number of ether oxygens (including phenoxy) is 1. The zero-order valence-electron chi connectivity index (χ0n) is 11.1. The summed E-state index contributed by atoms with van der Waals surface area (Å²) in [5, 5.41) is 11.0. The Labute approximate surface area is 108 Å². The van der Waals surface area contributed by atoms with Crippen molar-refractivity contribution in [2.75, 3.05) is 6.61 Å². The Hall–Kier alpha value is -2.02. The second-order valence-electron chi connectivity index (χ2n) is 4.14. The van der Waals surface area contributed by atoms with Gasteiger partial charge < -0.3 is 4.74 Å². The number of hydrogen-bond donors (Lipinski definition) is 1. The number of aryl methyl sites for hydroxylation is 1. The molecule has 1 N–H and O–H groups in total. The molecule has 0 aromatic heterocycles. The smallest absolute Gasteiger partial charge is 0.182 e. The maximum atomic E-state index is 8.49. The fourth-order valence-electron chi connectivity index (χ4n) is 1.53. The van der Waals surface area contributed by atoms with E-state index in [1.54, 1.807) is 6.92 Å². The molecule has 0 unspecified atom stereocenters. The van der Waals surface area contributed by atoms with Crippen molar-refractivity contribution in [1.29, 1.82) is 5.26 Å². The molecule has 0 bridgehead atoms. The van der Waals surface area contributed by atoms with Crippen LogP contribution in [0.25, 0.3) is 0 Å². The van der Waals surface area contributed by atoms with Crippen LogP contribution >= 0.6 is 0 Å². The van der Waals surface area contributed by atoms with Gasteiger partial charge in [0.25, 0.3) is 0 Å². The summed E-state index contributed by atoms with van der Waals surface area (Å²) in [5.74, 6) is 1.48. The molecule has 4 nitrogen and oxygen atoms in total. The van der Waals surface area contributed by atoms with Crippen LogP contribution in [0.3, 0.4) is 0 Å². The van der Waals surface area contributed by atoms with E-state index in [0.29, 0.717) is 12.4 Å². The molecule has 4 heteroatoms. The van der Waals surface area contributed by atoms with Crippen LogP contribution in [-0.4, -0.2) is 18.5 Å². The zero-order valence-corrected chi connectivity index (χ0v) is 11.1. The van der Waals surface area contributed by atoms with Gasteiger partial charge in [-0.1, -0.05) is 19.1 Å². The van der Waals surface area contributed by atoms with E-state index in [0.717, 1.165) is 12.2 Å². The zero-order chi connectivity index (χ0) is 13.4. The maximum Gasteiger partial charge on any atom is 0.182 e. The molecule has 18 heavy (non-hydrogen) atoms. The van der Waals surface area contributed by atoms with Crippen molar-refractivity contribution in [3.63, 3.8) is 0 Å². The van der Waals surface area contributed by atoms with E-state index >= 15 is 0 Å². The first-order valence-corrected chi connectivity index (χ1v) is 6.04. The molecular formula is C14H19N3O. The highest BCUT2D eigenvalue weighted by molar-refractivity contribution is 5.80. The Kier molecular flexibility index (Phi) is 5.72. The van der Waals surface area contributed by atoms with E-state index in [1.165, 1.54) is 5.56 Å². The third-order valence-electron chi connectivity index (χ3n) is 2.52. The highest BCUT2D eigenvalue weighted by atomic mass is 16.5. The van der Waals surface area contributed by atoms with Gasteiger partial charge in [-0.2, -0.15) is 5.26 Å². The van der Waals surface area contributed by atoms with Gasteiger partial charge in [0, 0.05) is 0 Å². The Bertz CT molecular complexity index is 449. The number of benzene rings is 1. The number of rotatable bonds is 5. The Morgan fingerprint density at radius 3 is 2.94 bits per heavy atom. The van der Waals surface area contributed by atoms with E-state index < -0.39 is 0 Å². The van der Waals surface area contributed by atoms with Crippen molar-refractivity contribution in [1.82, 2.24) is 5.32 Å². The van der Waals surface area contributed by atoms with Gasteiger partial charge in [-0.25, -0.2) is 0 Å². The van der Waals surface area contributed by atoms with Gasteiger partial charge in [0.1, 0.15) is 18.2 Å². The average Bonchev–Trinajstić information content (AvgIpc) is 2.35. The second kappa shape index (κ2) is 7.33. The van der Waals surface area contributed by atoms with Crippen LogP contribution in [0, 0.1) is 18.4 Å². The second-order valence-corrected chi connectivity index (χ2v) is 4.14. The molecule has 1 rings (SSSR count). The highest BCUT2D eigenvalue weighted by Crippen LogP contribution is 2.13. The first-order chi connectivity index (χ1) is 8.65. The van der Waals surface area contributed by atoms with E-state index in [2.05, 4.69) is 10.3 Å². The van der Waals surface area contributed by atoms with Gasteiger partial charge in [-0.05, 0) is 38.0 Å². The third kappa shape index (κ3) is 4.88. The Balaban J connectivity index is 2.55. The van der Waals surface area contributed by atoms with Crippen molar-refractivity contribution >= 4 is 5.84 Å². The van der Waals surface area contributed by atoms with Gasteiger partial charge in [0.05, 0.1) is 6.04 Å². The predicted molar refractivity (Wildman–Crippen MR) is 72.6 cm³/mol. The monoisotopic (exact) mass is 245 g/mol. The molecule has 0 saturated carbocycles. The van der Waals surface area contributed by atoms with E-state index in [1.807, 2.05) is 44.3 Å². The molecule has 0 aliphatic heterocycles. The molecule has 0 spiro atoms. The lowest BCUT2D eigenvalue weighted by molar-refractivity contribution is 0.286. The molecular weight excluding hydrogens is 226 g/mol.